The van der Waals surface area contributed by atoms with E-state index < -0.39 is 26.6 Å². The summed E-state index contributed by atoms with van der Waals surface area (Å²) in [5.41, 5.74) is 0.641. The molecule has 0 saturated carbocycles. The van der Waals surface area contributed by atoms with E-state index in [0.29, 0.717) is 36.3 Å². The lowest BCUT2D eigenvalue weighted by Crippen LogP contribution is -2.27. The van der Waals surface area contributed by atoms with Crippen LogP contribution in [0, 0.1) is 11.6 Å². The Morgan fingerprint density at radius 2 is 1.75 bits per heavy atom. The van der Waals surface area contributed by atoms with Crippen LogP contribution in [0.25, 0.3) is 0 Å². The first kappa shape index (κ1) is 16.7. The smallest absolute Gasteiger partial charge is 0.246 e. The number of nitrogens with zero attached hydrogens (tertiary/aromatic N) is 1. The van der Waals surface area contributed by atoms with Crippen LogP contribution in [0.4, 0.5) is 8.78 Å². The van der Waals surface area contributed by atoms with E-state index in [0.717, 1.165) is 16.4 Å². The monoisotopic (exact) mass is 355 g/mol. The molecule has 2 aromatic carbocycles. The summed E-state index contributed by atoms with van der Waals surface area (Å²) in [6, 6.07) is 7.39. The Bertz CT molecular complexity index is 870. The van der Waals surface area contributed by atoms with E-state index >= 15 is 0 Å². The first-order valence-corrected chi connectivity index (χ1v) is 8.62. The van der Waals surface area contributed by atoms with Crippen molar-refractivity contribution in [2.75, 3.05) is 20.3 Å². The van der Waals surface area contributed by atoms with Crippen molar-refractivity contribution in [1.82, 2.24) is 4.31 Å². The molecule has 0 aliphatic carbocycles. The number of hydrogen-bond donors (Lipinski definition) is 0. The third kappa shape index (κ3) is 3.20. The zero-order valence-electron chi connectivity index (χ0n) is 12.8. The molecule has 1 aliphatic heterocycles. The Kier molecular flexibility index (Phi) is 4.42. The molecule has 24 heavy (non-hydrogen) atoms. The highest BCUT2D eigenvalue weighted by molar-refractivity contribution is 7.89. The van der Waals surface area contributed by atoms with Crippen LogP contribution in [-0.4, -0.2) is 33.0 Å². The fourth-order valence-corrected chi connectivity index (χ4v) is 3.60. The fourth-order valence-electron chi connectivity index (χ4n) is 2.37. The average molecular weight is 355 g/mol. The van der Waals surface area contributed by atoms with Crippen molar-refractivity contribution in [3.63, 3.8) is 0 Å². The molecule has 0 atom stereocenters. The van der Waals surface area contributed by atoms with Crippen molar-refractivity contribution in [2.45, 2.75) is 11.4 Å². The van der Waals surface area contributed by atoms with Gasteiger partial charge in [-0.25, -0.2) is 17.2 Å². The van der Waals surface area contributed by atoms with Gasteiger partial charge in [0.1, 0.15) is 29.7 Å². The molecule has 2 aromatic rings. The van der Waals surface area contributed by atoms with Crippen molar-refractivity contribution in [3.05, 3.63) is 53.6 Å². The fraction of sp³-hybridized carbons (Fsp3) is 0.250. The van der Waals surface area contributed by atoms with E-state index in [-0.39, 0.29) is 6.54 Å². The molecule has 128 valence electrons. The lowest BCUT2D eigenvalue weighted by molar-refractivity contribution is 0.171. The zero-order valence-corrected chi connectivity index (χ0v) is 13.6. The van der Waals surface area contributed by atoms with Crippen LogP contribution in [0.3, 0.4) is 0 Å². The van der Waals surface area contributed by atoms with Gasteiger partial charge >= 0.3 is 0 Å². The molecule has 3 rings (SSSR count). The molecule has 0 bridgehead atoms. The number of benzene rings is 2. The quantitative estimate of drug-likeness (QED) is 0.846. The number of rotatable bonds is 4. The van der Waals surface area contributed by atoms with E-state index in [9.17, 15) is 17.2 Å². The highest BCUT2D eigenvalue weighted by Crippen LogP contribution is 2.31. The van der Waals surface area contributed by atoms with Gasteiger partial charge in [-0.2, -0.15) is 4.31 Å². The van der Waals surface area contributed by atoms with Crippen LogP contribution in [0.1, 0.15) is 5.56 Å². The van der Waals surface area contributed by atoms with Gasteiger partial charge in [-0.05, 0) is 35.9 Å². The molecule has 0 amide bonds. The Balaban J connectivity index is 1.86. The van der Waals surface area contributed by atoms with Gasteiger partial charge < -0.3 is 9.47 Å². The van der Waals surface area contributed by atoms with E-state index in [1.54, 1.807) is 18.2 Å². The number of fused-ring (bicyclic) bond motifs is 1. The molecular weight excluding hydrogens is 340 g/mol. The molecular formula is C16H15F2NO4S. The summed E-state index contributed by atoms with van der Waals surface area (Å²) < 4.78 is 63.8. The number of ether oxygens (including phenoxy) is 2. The molecule has 1 aliphatic rings. The van der Waals surface area contributed by atoms with E-state index in [1.807, 2.05) is 0 Å². The van der Waals surface area contributed by atoms with Gasteiger partial charge in [0.25, 0.3) is 0 Å². The number of halogens is 2. The Hall–Kier alpha value is -2.19. The summed E-state index contributed by atoms with van der Waals surface area (Å²) in [5.74, 6) is -0.693. The van der Waals surface area contributed by atoms with Crippen molar-refractivity contribution in [3.8, 4) is 11.5 Å². The van der Waals surface area contributed by atoms with Crippen molar-refractivity contribution < 1.29 is 26.7 Å². The molecule has 0 saturated heterocycles. The van der Waals surface area contributed by atoms with Gasteiger partial charge in [-0.3, -0.25) is 0 Å². The predicted octanol–water partition coefficient (Wildman–Crippen LogP) is 2.56. The van der Waals surface area contributed by atoms with Crippen LogP contribution >= 0.6 is 0 Å². The SMILES string of the molecule is CN(Cc1ccc2c(c1)OCCO2)S(=O)(=O)c1cc(F)ccc1F. The van der Waals surface area contributed by atoms with Gasteiger partial charge in [-0.1, -0.05) is 6.07 Å². The zero-order chi connectivity index (χ0) is 17.3. The minimum absolute atomic E-state index is 0.0189. The van der Waals surface area contributed by atoms with Crippen LogP contribution in [0.2, 0.25) is 0 Å². The summed E-state index contributed by atoms with van der Waals surface area (Å²) in [4.78, 5) is -0.692. The van der Waals surface area contributed by atoms with Crippen molar-refractivity contribution in [2.24, 2.45) is 0 Å². The van der Waals surface area contributed by atoms with Crippen LogP contribution in [0.15, 0.2) is 41.3 Å². The van der Waals surface area contributed by atoms with Crippen molar-refractivity contribution >= 4 is 10.0 Å². The summed E-state index contributed by atoms with van der Waals surface area (Å²) in [7, 11) is -2.86. The molecule has 0 aromatic heterocycles. The van der Waals surface area contributed by atoms with Gasteiger partial charge in [-0.15, -0.1) is 0 Å². The lowest BCUT2D eigenvalue weighted by atomic mass is 10.2. The summed E-state index contributed by atoms with van der Waals surface area (Å²) >= 11 is 0. The molecule has 0 radical (unpaired) electrons. The second-order valence-corrected chi connectivity index (χ2v) is 7.33. The third-order valence-electron chi connectivity index (χ3n) is 3.59. The minimum atomic E-state index is -4.17. The highest BCUT2D eigenvalue weighted by atomic mass is 32.2. The van der Waals surface area contributed by atoms with E-state index in [4.69, 9.17) is 9.47 Å². The largest absolute Gasteiger partial charge is 0.486 e. The Morgan fingerprint density at radius 3 is 2.50 bits per heavy atom. The predicted molar refractivity (Wildman–Crippen MR) is 82.4 cm³/mol. The average Bonchev–Trinajstić information content (AvgIpc) is 2.56. The van der Waals surface area contributed by atoms with Gasteiger partial charge in [0.05, 0.1) is 0 Å². The first-order valence-electron chi connectivity index (χ1n) is 7.18. The molecule has 1 heterocycles. The molecule has 5 nitrogen and oxygen atoms in total. The molecule has 0 fully saturated rings. The Labute approximate surface area is 138 Å². The minimum Gasteiger partial charge on any atom is -0.486 e. The standard InChI is InChI=1S/C16H15F2NO4S/c1-19(24(20,21)16-9-12(17)3-4-13(16)18)10-11-2-5-14-15(8-11)23-7-6-22-14/h2-5,8-9H,6-7,10H2,1H3. The summed E-state index contributed by atoms with van der Waals surface area (Å²) in [5, 5.41) is 0. The molecule has 0 unspecified atom stereocenters. The third-order valence-corrected chi connectivity index (χ3v) is 5.41. The highest BCUT2D eigenvalue weighted by Gasteiger charge is 2.25. The maximum Gasteiger partial charge on any atom is 0.246 e. The van der Waals surface area contributed by atoms with Crippen LogP contribution in [-0.2, 0) is 16.6 Å². The van der Waals surface area contributed by atoms with E-state index in [2.05, 4.69) is 0 Å². The summed E-state index contributed by atoms with van der Waals surface area (Å²) in [6.07, 6.45) is 0. The van der Waals surface area contributed by atoms with Gasteiger partial charge in [0, 0.05) is 13.6 Å². The number of hydrogen-bond acceptors (Lipinski definition) is 4. The first-order chi connectivity index (χ1) is 11.4. The van der Waals surface area contributed by atoms with Crippen LogP contribution < -0.4 is 9.47 Å². The van der Waals surface area contributed by atoms with Crippen molar-refractivity contribution in [1.29, 1.82) is 0 Å². The summed E-state index contributed by atoms with van der Waals surface area (Å²) in [6.45, 7) is 0.855. The topological polar surface area (TPSA) is 55.8 Å². The lowest BCUT2D eigenvalue weighted by Gasteiger charge is -2.21. The second-order valence-electron chi connectivity index (χ2n) is 5.31. The maximum atomic E-state index is 13.8. The normalized spacial score (nSPS) is 14.0. The number of sulfonamides is 1. The molecule has 8 heteroatoms. The van der Waals surface area contributed by atoms with Gasteiger partial charge in [0.2, 0.25) is 10.0 Å². The van der Waals surface area contributed by atoms with Crippen LogP contribution in [0.5, 0.6) is 11.5 Å². The molecule has 0 N–H and O–H groups in total. The van der Waals surface area contributed by atoms with E-state index in [1.165, 1.54) is 7.05 Å². The molecule has 0 spiro atoms. The second kappa shape index (κ2) is 6.37. The maximum absolute atomic E-state index is 13.8. The van der Waals surface area contributed by atoms with Gasteiger partial charge in [0.15, 0.2) is 11.5 Å². The Morgan fingerprint density at radius 1 is 1.04 bits per heavy atom.